The Morgan fingerprint density at radius 2 is 1.79 bits per heavy atom. The van der Waals surface area contributed by atoms with Crippen LogP contribution in [0.25, 0.3) is 0 Å². The summed E-state index contributed by atoms with van der Waals surface area (Å²) in [5, 5.41) is 4.99. The lowest BCUT2D eigenvalue weighted by Crippen LogP contribution is -2.37. The van der Waals surface area contributed by atoms with Crippen molar-refractivity contribution in [3.8, 4) is 11.5 Å². The minimum absolute atomic E-state index is 0.181. The second kappa shape index (κ2) is 8.01. The number of fused-ring (bicyclic) bond motifs is 1. The molecule has 1 aromatic rings. The molecule has 1 saturated heterocycles. The maximum atomic E-state index is 11.9. The molecule has 2 heterocycles. The lowest BCUT2D eigenvalue weighted by molar-refractivity contribution is -0.120. The third-order valence-electron chi connectivity index (χ3n) is 4.24. The van der Waals surface area contributed by atoms with Gasteiger partial charge in [-0.3, -0.25) is 10.1 Å². The molecule has 3 rings (SSSR count). The van der Waals surface area contributed by atoms with Gasteiger partial charge in [0.2, 0.25) is 12.7 Å². The summed E-state index contributed by atoms with van der Waals surface area (Å²) in [7, 11) is 0. The fourth-order valence-electron chi connectivity index (χ4n) is 2.95. The number of nitrogens with one attached hydrogen (secondary N) is 2. The summed E-state index contributed by atoms with van der Waals surface area (Å²) in [5.41, 5.74) is 0.553. The minimum Gasteiger partial charge on any atom is -0.454 e. The van der Waals surface area contributed by atoms with Crippen LogP contribution in [0, 0.1) is 0 Å². The molecule has 2 aliphatic heterocycles. The Balaban J connectivity index is 1.41. The Morgan fingerprint density at radius 3 is 2.58 bits per heavy atom. The van der Waals surface area contributed by atoms with Crippen molar-refractivity contribution in [1.29, 1.82) is 0 Å². The van der Waals surface area contributed by atoms with E-state index in [4.69, 9.17) is 9.47 Å². The van der Waals surface area contributed by atoms with Crippen LogP contribution in [0.1, 0.15) is 32.1 Å². The molecule has 1 fully saturated rings. The summed E-state index contributed by atoms with van der Waals surface area (Å²) in [6.07, 6.45) is 5.23. The second-order valence-electron chi connectivity index (χ2n) is 6.08. The monoisotopic (exact) mass is 333 g/mol. The normalized spacial score (nSPS) is 17.2. The van der Waals surface area contributed by atoms with Crippen LogP contribution < -0.4 is 20.1 Å². The molecule has 0 spiro atoms. The van der Waals surface area contributed by atoms with Gasteiger partial charge in [0.15, 0.2) is 11.5 Å². The van der Waals surface area contributed by atoms with Crippen molar-refractivity contribution in [2.75, 3.05) is 31.7 Å². The first-order valence-corrected chi connectivity index (χ1v) is 8.43. The number of anilines is 1. The molecule has 0 unspecified atom stereocenters. The molecule has 130 valence electrons. The van der Waals surface area contributed by atoms with Crippen LogP contribution in [0.5, 0.6) is 11.5 Å². The van der Waals surface area contributed by atoms with E-state index in [1.54, 1.807) is 18.2 Å². The molecule has 0 aromatic heterocycles. The van der Waals surface area contributed by atoms with Gasteiger partial charge in [-0.15, -0.1) is 0 Å². The van der Waals surface area contributed by atoms with E-state index in [-0.39, 0.29) is 12.7 Å². The van der Waals surface area contributed by atoms with Crippen molar-refractivity contribution < 1.29 is 19.1 Å². The van der Waals surface area contributed by atoms with E-state index in [2.05, 4.69) is 15.5 Å². The van der Waals surface area contributed by atoms with E-state index in [9.17, 15) is 9.59 Å². The van der Waals surface area contributed by atoms with E-state index in [1.165, 1.54) is 25.7 Å². The number of ether oxygens (including phenoxy) is 2. The molecule has 1 aromatic carbocycles. The van der Waals surface area contributed by atoms with Crippen molar-refractivity contribution in [1.82, 2.24) is 10.2 Å². The van der Waals surface area contributed by atoms with Crippen LogP contribution in [0.2, 0.25) is 0 Å². The van der Waals surface area contributed by atoms with Crippen LogP contribution in [0.3, 0.4) is 0 Å². The fourth-order valence-corrected chi connectivity index (χ4v) is 2.95. The van der Waals surface area contributed by atoms with Gasteiger partial charge in [-0.25, -0.2) is 4.79 Å². The lowest BCUT2D eigenvalue weighted by atomic mass is 10.2. The number of likely N-dealkylation sites (tertiary alicyclic amines) is 1. The van der Waals surface area contributed by atoms with Crippen LogP contribution >= 0.6 is 0 Å². The molecule has 0 atom stereocenters. The number of hydrogen-bond acceptors (Lipinski definition) is 5. The van der Waals surface area contributed by atoms with Gasteiger partial charge in [-0.05, 0) is 38.1 Å². The lowest BCUT2D eigenvalue weighted by Gasteiger charge is -2.19. The summed E-state index contributed by atoms with van der Waals surface area (Å²) < 4.78 is 10.5. The average Bonchev–Trinajstić information content (AvgIpc) is 2.86. The highest BCUT2D eigenvalue weighted by atomic mass is 16.7. The molecule has 7 heteroatoms. The molecule has 0 aliphatic carbocycles. The third-order valence-corrected chi connectivity index (χ3v) is 4.24. The highest BCUT2D eigenvalue weighted by molar-refractivity contribution is 6.01. The number of benzene rings is 1. The number of urea groups is 1. The van der Waals surface area contributed by atoms with Gasteiger partial charge in [0, 0.05) is 24.7 Å². The van der Waals surface area contributed by atoms with Crippen LogP contribution in [-0.4, -0.2) is 43.3 Å². The first kappa shape index (κ1) is 16.6. The molecule has 3 amide bonds. The van der Waals surface area contributed by atoms with Crippen molar-refractivity contribution in [2.24, 2.45) is 0 Å². The Labute approximate surface area is 141 Å². The summed E-state index contributed by atoms with van der Waals surface area (Å²) in [5.74, 6) is 0.965. The molecular formula is C17H23N3O4. The number of amides is 3. The predicted molar refractivity (Wildman–Crippen MR) is 89.3 cm³/mol. The summed E-state index contributed by atoms with van der Waals surface area (Å²) >= 11 is 0. The van der Waals surface area contributed by atoms with Crippen molar-refractivity contribution in [3.63, 3.8) is 0 Å². The van der Waals surface area contributed by atoms with Crippen LogP contribution in [0.4, 0.5) is 10.5 Å². The van der Waals surface area contributed by atoms with Crippen molar-refractivity contribution in [3.05, 3.63) is 18.2 Å². The molecule has 0 bridgehead atoms. The van der Waals surface area contributed by atoms with Crippen molar-refractivity contribution >= 4 is 17.6 Å². The van der Waals surface area contributed by atoms with Crippen molar-refractivity contribution in [2.45, 2.75) is 32.1 Å². The molecule has 2 aliphatic rings. The first-order valence-electron chi connectivity index (χ1n) is 8.43. The van der Waals surface area contributed by atoms with Crippen LogP contribution in [-0.2, 0) is 4.79 Å². The van der Waals surface area contributed by atoms with E-state index in [0.717, 1.165) is 13.1 Å². The molecule has 7 nitrogen and oxygen atoms in total. The molecule has 24 heavy (non-hydrogen) atoms. The molecule has 0 saturated carbocycles. The Morgan fingerprint density at radius 1 is 1.04 bits per heavy atom. The standard InChI is InChI=1S/C17H23N3O4/c21-16(7-10-20-8-3-1-2-4-9-20)19-17(22)18-13-5-6-14-15(11-13)24-12-23-14/h5-6,11H,1-4,7-10,12H2,(H2,18,19,21,22). The maximum absolute atomic E-state index is 11.9. The third kappa shape index (κ3) is 4.61. The summed E-state index contributed by atoms with van der Waals surface area (Å²) in [6, 6.07) is 4.56. The number of imide groups is 1. The van der Waals surface area contributed by atoms with E-state index in [1.807, 2.05) is 0 Å². The second-order valence-corrected chi connectivity index (χ2v) is 6.08. The predicted octanol–water partition coefficient (Wildman–Crippen LogP) is 2.33. The molecule has 2 N–H and O–H groups in total. The Bertz CT molecular complexity index is 597. The Hall–Kier alpha value is -2.28. The zero-order valence-corrected chi connectivity index (χ0v) is 13.7. The minimum atomic E-state index is -0.533. The average molecular weight is 333 g/mol. The highest BCUT2D eigenvalue weighted by Crippen LogP contribution is 2.34. The fraction of sp³-hybridized carbons (Fsp3) is 0.529. The van der Waals surface area contributed by atoms with Gasteiger partial charge < -0.3 is 19.7 Å². The zero-order valence-electron chi connectivity index (χ0n) is 13.7. The highest BCUT2D eigenvalue weighted by Gasteiger charge is 2.15. The number of hydrogen-bond donors (Lipinski definition) is 2. The topological polar surface area (TPSA) is 79.9 Å². The van der Waals surface area contributed by atoms with Gasteiger partial charge in [-0.1, -0.05) is 12.8 Å². The largest absolute Gasteiger partial charge is 0.454 e. The Kier molecular flexibility index (Phi) is 5.53. The SMILES string of the molecule is O=C(CCN1CCCCCC1)NC(=O)Nc1ccc2c(c1)OCO2. The van der Waals surface area contributed by atoms with Crippen LogP contribution in [0.15, 0.2) is 18.2 Å². The number of carbonyl (C=O) groups excluding carboxylic acids is 2. The van der Waals surface area contributed by atoms with E-state index in [0.29, 0.717) is 30.2 Å². The van der Waals surface area contributed by atoms with Gasteiger partial charge >= 0.3 is 6.03 Å². The smallest absolute Gasteiger partial charge is 0.325 e. The summed E-state index contributed by atoms with van der Waals surface area (Å²) in [6.45, 7) is 2.95. The van der Waals surface area contributed by atoms with Gasteiger partial charge in [0.1, 0.15) is 0 Å². The maximum Gasteiger partial charge on any atom is 0.325 e. The number of nitrogens with zero attached hydrogens (tertiary/aromatic N) is 1. The molecule has 0 radical (unpaired) electrons. The molecular weight excluding hydrogens is 310 g/mol. The van der Waals surface area contributed by atoms with Gasteiger partial charge in [-0.2, -0.15) is 0 Å². The zero-order chi connectivity index (χ0) is 16.8. The van der Waals surface area contributed by atoms with Gasteiger partial charge in [0.25, 0.3) is 0 Å². The number of rotatable bonds is 4. The van der Waals surface area contributed by atoms with E-state index >= 15 is 0 Å². The van der Waals surface area contributed by atoms with E-state index < -0.39 is 6.03 Å². The quantitative estimate of drug-likeness (QED) is 0.884. The van der Waals surface area contributed by atoms with Gasteiger partial charge in [0.05, 0.1) is 0 Å². The summed E-state index contributed by atoms with van der Waals surface area (Å²) in [4.78, 5) is 26.1. The first-order chi connectivity index (χ1) is 11.7. The number of carbonyl (C=O) groups is 2.